The molecule has 5 nitrogen and oxygen atoms in total. The fourth-order valence-electron chi connectivity index (χ4n) is 7.92. The Kier molecular flexibility index (Phi) is 13.5. The molecule has 0 bridgehead atoms. The zero-order valence-electron chi connectivity index (χ0n) is 31.1. The number of Topliss-reactive ketones (excluding diaryl/α,β-unsaturated/α-hetero) is 1. The summed E-state index contributed by atoms with van der Waals surface area (Å²) in [6.07, 6.45) is 7.02. The highest BCUT2D eigenvalue weighted by Crippen LogP contribution is 2.41. The molecule has 0 radical (unpaired) electrons. The van der Waals surface area contributed by atoms with Gasteiger partial charge in [0.2, 0.25) is 0 Å². The van der Waals surface area contributed by atoms with Gasteiger partial charge in [0.1, 0.15) is 5.82 Å². The van der Waals surface area contributed by atoms with Crippen LogP contribution < -0.4 is 5.32 Å². The van der Waals surface area contributed by atoms with E-state index in [-0.39, 0.29) is 17.5 Å². The average molecular weight is 699 g/mol. The number of ketones is 1. The smallest absolute Gasteiger partial charge is 0.179 e. The van der Waals surface area contributed by atoms with Gasteiger partial charge in [-0.2, -0.15) is 0 Å². The lowest BCUT2D eigenvalue weighted by Crippen LogP contribution is -2.44. The number of halogens is 2. The highest BCUT2D eigenvalue weighted by Gasteiger charge is 2.28. The van der Waals surface area contributed by atoms with E-state index in [2.05, 4.69) is 66.5 Å². The summed E-state index contributed by atoms with van der Waals surface area (Å²) in [6, 6.07) is 15.5. The van der Waals surface area contributed by atoms with Gasteiger partial charge in [0.15, 0.2) is 5.78 Å². The van der Waals surface area contributed by atoms with Gasteiger partial charge in [-0.25, -0.2) is 4.39 Å². The highest BCUT2D eigenvalue weighted by atomic mass is 35.5. The Balaban J connectivity index is 1.64. The summed E-state index contributed by atoms with van der Waals surface area (Å²) in [5.41, 5.74) is 8.65. The molecule has 0 spiro atoms. The van der Waals surface area contributed by atoms with Crippen molar-refractivity contribution < 1.29 is 9.18 Å². The van der Waals surface area contributed by atoms with Crippen LogP contribution in [0.15, 0.2) is 59.1 Å². The van der Waals surface area contributed by atoms with Crippen LogP contribution >= 0.6 is 11.6 Å². The summed E-state index contributed by atoms with van der Waals surface area (Å²) in [6.45, 7) is 16.5. The number of piperazine rings is 1. The van der Waals surface area contributed by atoms with E-state index in [1.165, 1.54) is 11.1 Å². The number of hydrogen-bond acceptors (Lipinski definition) is 4. The molecule has 0 aliphatic carbocycles. The molecule has 7 heteroatoms. The van der Waals surface area contributed by atoms with E-state index in [9.17, 15) is 9.18 Å². The van der Waals surface area contributed by atoms with E-state index in [1.54, 1.807) is 12.1 Å². The maximum absolute atomic E-state index is 14.4. The van der Waals surface area contributed by atoms with Crippen LogP contribution in [-0.2, 0) is 13.0 Å². The number of carbonyl (C=O) groups excluding carboxylic acids is 1. The van der Waals surface area contributed by atoms with Crippen LogP contribution in [0.4, 0.5) is 4.39 Å². The number of nitrogens with one attached hydrogen (secondary N) is 1. The number of aliphatic imine (C=N–C) groups is 1. The third-order valence-electron chi connectivity index (χ3n) is 10.6. The summed E-state index contributed by atoms with van der Waals surface area (Å²) in [5, 5.41) is 7.34. The van der Waals surface area contributed by atoms with E-state index >= 15 is 0 Å². The first-order valence-electron chi connectivity index (χ1n) is 18.8. The number of aryl methyl sites for hydroxylation is 1. The average Bonchev–Trinajstić information content (AvgIpc) is 3.43. The minimum atomic E-state index is -0.210. The van der Waals surface area contributed by atoms with Crippen LogP contribution in [0.3, 0.4) is 0 Å². The van der Waals surface area contributed by atoms with Crippen molar-refractivity contribution in [3.63, 3.8) is 0 Å². The second-order valence-corrected chi connectivity index (χ2v) is 14.5. The van der Waals surface area contributed by atoms with Crippen LogP contribution in [0.25, 0.3) is 27.2 Å². The number of nitrogens with zero attached hydrogens (tertiary/aromatic N) is 3. The van der Waals surface area contributed by atoms with Gasteiger partial charge in [-0.05, 0) is 92.0 Å². The third kappa shape index (κ3) is 8.41. The minimum Gasteiger partial charge on any atom is -0.336 e. The first kappa shape index (κ1) is 37.9. The number of unbranched alkanes of at least 4 members (excludes halogenated alkanes) is 1. The number of fused-ring (bicyclic) bond motifs is 2. The molecular weight excluding hydrogens is 643 g/mol. The van der Waals surface area contributed by atoms with Crippen molar-refractivity contribution >= 4 is 50.3 Å². The van der Waals surface area contributed by atoms with Gasteiger partial charge in [-0.1, -0.05) is 81.1 Å². The lowest BCUT2D eigenvalue weighted by Gasteiger charge is -2.28. The zero-order valence-corrected chi connectivity index (χ0v) is 31.9. The maximum atomic E-state index is 14.4. The SMILES string of the molecule is CCCCC(=O)c1c(CCCC(C)c2cccc3cc(F)ccc23)c2ccc(Cl)c(/C(C(C)=NC)=C(\C)CCC)c2n1CCN1CCNCC1. The molecule has 0 amide bonds. The number of benzene rings is 3. The molecule has 3 aromatic carbocycles. The lowest BCUT2D eigenvalue weighted by molar-refractivity contribution is 0.0969. The van der Waals surface area contributed by atoms with Crippen LogP contribution in [0.5, 0.6) is 0 Å². The van der Waals surface area contributed by atoms with E-state index in [0.29, 0.717) is 11.4 Å². The van der Waals surface area contributed by atoms with E-state index in [4.69, 9.17) is 11.6 Å². The zero-order chi connectivity index (χ0) is 35.8. The van der Waals surface area contributed by atoms with Gasteiger partial charge < -0.3 is 9.88 Å². The van der Waals surface area contributed by atoms with E-state index in [0.717, 1.165) is 134 Å². The monoisotopic (exact) mass is 698 g/mol. The summed E-state index contributed by atoms with van der Waals surface area (Å²) < 4.78 is 16.4. The van der Waals surface area contributed by atoms with Crippen LogP contribution in [-0.4, -0.2) is 60.7 Å². The molecule has 1 unspecified atom stereocenters. The molecule has 1 aliphatic rings. The van der Waals surface area contributed by atoms with Crippen LogP contribution in [0.2, 0.25) is 5.02 Å². The third-order valence-corrected chi connectivity index (χ3v) is 10.9. The van der Waals surface area contributed by atoms with Crippen molar-refractivity contribution in [3.05, 3.63) is 87.3 Å². The number of carbonyl (C=O) groups is 1. The molecule has 5 rings (SSSR count). The number of aromatic nitrogens is 1. The van der Waals surface area contributed by atoms with Crippen LogP contribution in [0, 0.1) is 5.82 Å². The molecule has 1 aliphatic heterocycles. The lowest BCUT2D eigenvalue weighted by atomic mass is 9.89. The Bertz CT molecular complexity index is 1870. The molecule has 4 aromatic rings. The van der Waals surface area contributed by atoms with Gasteiger partial charge in [0, 0.05) is 75.0 Å². The minimum absolute atomic E-state index is 0.210. The molecule has 1 saturated heterocycles. The quantitative estimate of drug-likeness (QED) is 0.0936. The van der Waals surface area contributed by atoms with Crippen molar-refractivity contribution in [2.75, 3.05) is 39.8 Å². The molecule has 268 valence electrons. The summed E-state index contributed by atoms with van der Waals surface area (Å²) in [7, 11) is 1.85. The fraction of sp³-hybridized carbons (Fsp3) is 0.488. The normalized spacial score (nSPS) is 15.6. The number of rotatable bonds is 16. The summed E-state index contributed by atoms with van der Waals surface area (Å²) >= 11 is 7.23. The van der Waals surface area contributed by atoms with Crippen molar-refractivity contribution in [2.24, 2.45) is 4.99 Å². The van der Waals surface area contributed by atoms with Gasteiger partial charge in [-0.3, -0.25) is 14.7 Å². The molecule has 1 N–H and O–H groups in total. The maximum Gasteiger partial charge on any atom is 0.179 e. The van der Waals surface area contributed by atoms with E-state index < -0.39 is 0 Å². The largest absolute Gasteiger partial charge is 0.336 e. The molecule has 2 heterocycles. The van der Waals surface area contributed by atoms with Gasteiger partial charge in [0.25, 0.3) is 0 Å². The number of allylic oxidation sites excluding steroid dienone is 2. The first-order valence-corrected chi connectivity index (χ1v) is 19.2. The molecule has 1 atom stereocenters. The molecule has 50 heavy (non-hydrogen) atoms. The Morgan fingerprint density at radius 2 is 1.74 bits per heavy atom. The van der Waals surface area contributed by atoms with E-state index in [1.807, 2.05) is 31.3 Å². The summed E-state index contributed by atoms with van der Waals surface area (Å²) in [4.78, 5) is 21.6. The predicted octanol–water partition coefficient (Wildman–Crippen LogP) is 10.7. The van der Waals surface area contributed by atoms with Crippen molar-refractivity contribution in [1.82, 2.24) is 14.8 Å². The Hall–Kier alpha value is -3.32. The molecule has 0 saturated carbocycles. The molecule has 1 fully saturated rings. The van der Waals surface area contributed by atoms with Gasteiger partial charge in [0.05, 0.1) is 16.2 Å². The standard InChI is InChI=1S/C43H56ClFN4O/c1-7-9-17-39(50)42-36(16-10-13-29(3)34-15-11-14-32-28-33(45)18-19-35(32)34)37-20-21-38(44)41(40(31(5)46-6)30(4)12-8-2)43(37)49(42)27-26-48-24-22-47-23-25-48/h11,14-15,18-21,28-29,47H,7-10,12-13,16-17,22-27H2,1-6H3/b40-30+,46-31?. The number of hydrogen-bond donors (Lipinski definition) is 1. The Morgan fingerprint density at radius 1 is 0.980 bits per heavy atom. The topological polar surface area (TPSA) is 49.6 Å². The molecule has 1 aromatic heterocycles. The first-order chi connectivity index (χ1) is 24.2. The second-order valence-electron chi connectivity index (χ2n) is 14.1. The second kappa shape index (κ2) is 17.7. The Morgan fingerprint density at radius 3 is 2.46 bits per heavy atom. The van der Waals surface area contributed by atoms with Gasteiger partial charge in [-0.15, -0.1) is 0 Å². The highest BCUT2D eigenvalue weighted by molar-refractivity contribution is 6.38. The van der Waals surface area contributed by atoms with Gasteiger partial charge >= 0.3 is 0 Å². The summed E-state index contributed by atoms with van der Waals surface area (Å²) in [5.74, 6) is 0.295. The van der Waals surface area contributed by atoms with Crippen LogP contribution in [0.1, 0.15) is 113 Å². The van der Waals surface area contributed by atoms with Crippen molar-refractivity contribution in [3.8, 4) is 0 Å². The Labute approximate surface area is 304 Å². The van der Waals surface area contributed by atoms with Crippen molar-refractivity contribution in [1.29, 1.82) is 0 Å². The predicted molar refractivity (Wildman–Crippen MR) is 212 cm³/mol. The fourth-order valence-corrected chi connectivity index (χ4v) is 8.17. The molecular formula is C43H56ClFN4O. The van der Waals surface area contributed by atoms with Crippen molar-refractivity contribution in [2.45, 2.75) is 98.4 Å².